The number of carbonyl (C=O) groups excluding carboxylic acids is 2. The van der Waals surface area contributed by atoms with E-state index in [0.717, 1.165) is 38.5 Å². The summed E-state index contributed by atoms with van der Waals surface area (Å²) in [5.74, 6) is 2.64. The minimum absolute atomic E-state index is 0.0777. The van der Waals surface area contributed by atoms with Crippen LogP contribution in [-0.2, 0) is 14.4 Å². The van der Waals surface area contributed by atoms with Crippen LogP contribution in [0.25, 0.3) is 0 Å². The van der Waals surface area contributed by atoms with Gasteiger partial charge in [-0.1, -0.05) is 79.7 Å². The van der Waals surface area contributed by atoms with Crippen LogP contribution in [0.3, 0.4) is 0 Å². The first-order valence-corrected chi connectivity index (χ1v) is 18.4. The van der Waals surface area contributed by atoms with Crippen LogP contribution in [0.5, 0.6) is 0 Å². The number of nitrogens with zero attached hydrogens (tertiary/aromatic N) is 1. The highest BCUT2D eigenvalue weighted by Gasteiger charge is 2.76. The highest BCUT2D eigenvalue weighted by atomic mass is 16.7. The van der Waals surface area contributed by atoms with Gasteiger partial charge in [-0.3, -0.25) is 9.63 Å². The van der Waals surface area contributed by atoms with Crippen LogP contribution in [0.1, 0.15) is 128 Å². The first-order chi connectivity index (χ1) is 21.3. The molecule has 2 spiro atoms. The Morgan fingerprint density at radius 3 is 2.33 bits per heavy atom. The van der Waals surface area contributed by atoms with Crippen molar-refractivity contribution in [3.05, 3.63) is 24.3 Å². The van der Waals surface area contributed by atoms with Crippen LogP contribution in [0, 0.1) is 52.3 Å². The number of aliphatic hydroxyl groups is 1. The first kappa shape index (κ1) is 35.4. The predicted octanol–water partition coefficient (Wildman–Crippen LogP) is 8.23. The smallest absolute Gasteiger partial charge is 0.408 e. The van der Waals surface area contributed by atoms with Gasteiger partial charge in [0.1, 0.15) is 17.2 Å². The van der Waals surface area contributed by atoms with Crippen molar-refractivity contribution in [3.63, 3.8) is 0 Å². The van der Waals surface area contributed by atoms with E-state index in [9.17, 15) is 14.7 Å². The molecule has 1 saturated heterocycles. The molecular weight excluding hydrogens is 576 g/mol. The predicted molar refractivity (Wildman–Crippen MR) is 182 cm³/mol. The molecule has 2 N–H and O–H groups in total. The van der Waals surface area contributed by atoms with E-state index in [-0.39, 0.29) is 34.5 Å². The molecule has 6 rings (SSSR count). The van der Waals surface area contributed by atoms with Crippen molar-refractivity contribution < 1.29 is 24.3 Å². The second-order valence-corrected chi connectivity index (χ2v) is 18.2. The summed E-state index contributed by atoms with van der Waals surface area (Å²) in [6, 6.07) is -0.797. The van der Waals surface area contributed by atoms with Crippen molar-refractivity contribution in [1.82, 2.24) is 10.4 Å². The van der Waals surface area contributed by atoms with E-state index in [2.05, 4.69) is 85.0 Å². The standard InChI is InChI=1S/C39H64N2O5/c1-24(2)22-30(40-34(44)45-35(7,8)9)33(43)41-38-20-21-39(46-41)31-15-14-29(27(6)13-12-26(5)25(3)4)36(31,10)18-17-32(39)37(38,11)19-16-28(42)23-38/h12-13,20-21,24-32,42H,14-19,22-23H2,1-11H3,(H,40,44). The van der Waals surface area contributed by atoms with Crippen molar-refractivity contribution in [1.29, 1.82) is 0 Å². The summed E-state index contributed by atoms with van der Waals surface area (Å²) in [5, 5.41) is 15.7. The van der Waals surface area contributed by atoms with Crippen LogP contribution >= 0.6 is 0 Å². The Labute approximate surface area is 279 Å². The van der Waals surface area contributed by atoms with Gasteiger partial charge >= 0.3 is 6.09 Å². The Balaban J connectivity index is 1.53. The van der Waals surface area contributed by atoms with Crippen molar-refractivity contribution in [3.8, 4) is 0 Å². The van der Waals surface area contributed by atoms with Crippen LogP contribution < -0.4 is 5.32 Å². The van der Waals surface area contributed by atoms with Crippen molar-refractivity contribution >= 4 is 12.0 Å². The van der Waals surface area contributed by atoms with E-state index in [1.807, 2.05) is 20.8 Å². The normalized spacial score (nSPS) is 40.4. The average Bonchev–Trinajstić information content (AvgIpc) is 3.31. The topological polar surface area (TPSA) is 88.1 Å². The van der Waals surface area contributed by atoms with Gasteiger partial charge in [0, 0.05) is 23.7 Å². The number of allylic oxidation sites excluding steroid dienone is 2. The van der Waals surface area contributed by atoms with Gasteiger partial charge in [0.15, 0.2) is 0 Å². The number of carbonyl (C=O) groups is 2. The van der Waals surface area contributed by atoms with E-state index < -0.39 is 35.0 Å². The first-order valence-electron chi connectivity index (χ1n) is 18.4. The van der Waals surface area contributed by atoms with Crippen molar-refractivity contribution in [2.45, 2.75) is 156 Å². The van der Waals surface area contributed by atoms with Gasteiger partial charge in [0.2, 0.25) is 0 Å². The molecule has 11 atom stereocenters. The van der Waals surface area contributed by atoms with Gasteiger partial charge < -0.3 is 15.2 Å². The average molecular weight is 641 g/mol. The molecule has 0 radical (unpaired) electrons. The quantitative estimate of drug-likeness (QED) is 0.261. The summed E-state index contributed by atoms with van der Waals surface area (Å²) < 4.78 is 5.61. The van der Waals surface area contributed by atoms with E-state index in [1.54, 1.807) is 5.06 Å². The maximum Gasteiger partial charge on any atom is 0.408 e. The van der Waals surface area contributed by atoms with Crippen molar-refractivity contribution in [2.75, 3.05) is 0 Å². The summed E-state index contributed by atoms with van der Waals surface area (Å²) >= 11 is 0. The Hall–Kier alpha value is -1.86. The number of ether oxygens (including phenoxy) is 1. The molecule has 0 aromatic carbocycles. The fourth-order valence-corrected chi connectivity index (χ4v) is 10.6. The molecule has 2 amide bonds. The second-order valence-electron chi connectivity index (χ2n) is 18.2. The lowest BCUT2D eigenvalue weighted by Gasteiger charge is -2.73. The summed E-state index contributed by atoms with van der Waals surface area (Å²) in [6.07, 6.45) is 15.3. The third kappa shape index (κ3) is 5.77. The molecule has 4 fully saturated rings. The van der Waals surface area contributed by atoms with Gasteiger partial charge in [-0.15, -0.1) is 0 Å². The number of hydrogen-bond donors (Lipinski definition) is 2. The van der Waals surface area contributed by atoms with Crippen LogP contribution in [-0.4, -0.2) is 51.1 Å². The summed E-state index contributed by atoms with van der Waals surface area (Å²) in [7, 11) is 0. The summed E-state index contributed by atoms with van der Waals surface area (Å²) in [6.45, 7) is 23.7. The zero-order valence-electron chi connectivity index (χ0n) is 30.7. The SMILES string of the molecule is CC(C)CC(NC(=O)OC(C)(C)C)C(=O)N1OC23C=CC14CC(O)CCC4(C)C2CCC1(C)C(C(C)C=CC(C)C(C)C)CCC13. The highest BCUT2D eigenvalue weighted by Crippen LogP contribution is 2.73. The van der Waals surface area contributed by atoms with Crippen LogP contribution in [0.4, 0.5) is 4.79 Å². The number of amides is 2. The lowest BCUT2D eigenvalue weighted by Crippen LogP contribution is -2.80. The molecule has 11 unspecified atom stereocenters. The summed E-state index contributed by atoms with van der Waals surface area (Å²) in [5.41, 5.74) is -2.22. The van der Waals surface area contributed by atoms with Crippen molar-refractivity contribution in [2.24, 2.45) is 52.3 Å². The molecule has 6 aliphatic rings. The molecule has 7 nitrogen and oxygen atoms in total. The highest BCUT2D eigenvalue weighted by molar-refractivity contribution is 5.86. The third-order valence-electron chi connectivity index (χ3n) is 13.3. The summed E-state index contributed by atoms with van der Waals surface area (Å²) in [4.78, 5) is 35.2. The maximum absolute atomic E-state index is 14.8. The fraction of sp³-hybridized carbons (Fsp3) is 0.846. The molecular formula is C39H64N2O5. The lowest BCUT2D eigenvalue weighted by atomic mass is 9.41. The van der Waals surface area contributed by atoms with Crippen LogP contribution in [0.15, 0.2) is 24.3 Å². The lowest BCUT2D eigenvalue weighted by molar-refractivity contribution is -0.387. The van der Waals surface area contributed by atoms with Gasteiger partial charge in [-0.05, 0) is 101 Å². The zero-order valence-corrected chi connectivity index (χ0v) is 30.7. The monoisotopic (exact) mass is 640 g/mol. The number of aliphatic hydroxyl groups excluding tert-OH is 1. The second kappa shape index (κ2) is 12.2. The zero-order chi connectivity index (χ0) is 34.0. The number of nitrogens with one attached hydrogen (secondary N) is 1. The molecule has 0 aromatic heterocycles. The van der Waals surface area contributed by atoms with Gasteiger partial charge in [0.25, 0.3) is 5.91 Å². The molecule has 2 heterocycles. The Bertz CT molecular complexity index is 1220. The van der Waals surface area contributed by atoms with Gasteiger partial charge in [0.05, 0.1) is 11.6 Å². The Morgan fingerprint density at radius 1 is 1.00 bits per heavy atom. The molecule has 7 heteroatoms. The molecule has 2 aliphatic heterocycles. The number of hydroxylamine groups is 2. The number of rotatable bonds is 8. The number of alkyl carbamates (subject to hydrolysis) is 1. The third-order valence-corrected chi connectivity index (χ3v) is 13.3. The van der Waals surface area contributed by atoms with E-state index in [4.69, 9.17) is 9.57 Å². The Kier molecular flexibility index (Phi) is 9.43. The molecule has 0 aromatic rings. The molecule has 260 valence electrons. The van der Waals surface area contributed by atoms with Gasteiger partial charge in [-0.25, -0.2) is 9.86 Å². The number of fused-ring (bicyclic) bond motifs is 2. The van der Waals surface area contributed by atoms with Gasteiger partial charge in [-0.2, -0.15) is 0 Å². The molecule has 4 aliphatic carbocycles. The number of hydrogen-bond acceptors (Lipinski definition) is 5. The van der Waals surface area contributed by atoms with E-state index in [0.29, 0.717) is 36.5 Å². The molecule has 2 bridgehead atoms. The minimum atomic E-state index is -0.797. The van der Waals surface area contributed by atoms with E-state index in [1.165, 1.54) is 0 Å². The molecule has 3 saturated carbocycles. The maximum atomic E-state index is 14.8. The largest absolute Gasteiger partial charge is 0.444 e. The fourth-order valence-electron chi connectivity index (χ4n) is 10.6. The minimum Gasteiger partial charge on any atom is -0.444 e. The molecule has 46 heavy (non-hydrogen) atoms. The van der Waals surface area contributed by atoms with Crippen LogP contribution in [0.2, 0.25) is 0 Å². The Morgan fingerprint density at radius 2 is 1.70 bits per heavy atom. The van der Waals surface area contributed by atoms with E-state index >= 15 is 0 Å².